The van der Waals surface area contributed by atoms with E-state index in [1.54, 1.807) is 17.9 Å². The van der Waals surface area contributed by atoms with Crippen LogP contribution in [0.2, 0.25) is 0 Å². The Balaban J connectivity index is 1.45. The van der Waals surface area contributed by atoms with Gasteiger partial charge >= 0.3 is 0 Å². The number of nitrogens with one attached hydrogen (secondary N) is 1. The summed E-state index contributed by atoms with van der Waals surface area (Å²) < 4.78 is 36.3. The summed E-state index contributed by atoms with van der Waals surface area (Å²) in [6.07, 6.45) is 4.70. The molecule has 3 aromatic rings. The fourth-order valence-corrected chi connectivity index (χ4v) is 5.58. The zero-order valence-corrected chi connectivity index (χ0v) is 18.1. The summed E-state index contributed by atoms with van der Waals surface area (Å²) in [4.78, 5) is 17.1. The van der Waals surface area contributed by atoms with Crippen molar-refractivity contribution in [2.45, 2.75) is 43.4 Å². The topological polar surface area (TPSA) is 121 Å². The molecule has 8 nitrogen and oxygen atoms in total. The number of carbonyl (C=O) groups is 1. The minimum absolute atomic E-state index is 0.00325. The van der Waals surface area contributed by atoms with Crippen molar-refractivity contribution in [1.82, 2.24) is 14.8 Å². The Kier molecular flexibility index (Phi) is 4.99. The first-order valence-corrected chi connectivity index (χ1v) is 11.1. The molecule has 0 saturated carbocycles. The molecule has 0 spiro atoms. The van der Waals surface area contributed by atoms with Gasteiger partial charge in [-0.1, -0.05) is 17.4 Å². The lowest BCUT2D eigenvalue weighted by Crippen LogP contribution is -2.43. The van der Waals surface area contributed by atoms with Crippen molar-refractivity contribution in [3.05, 3.63) is 47.4 Å². The number of hydrogen-bond donors (Lipinski definition) is 3. The number of aryl methyl sites for hydroxylation is 1. The summed E-state index contributed by atoms with van der Waals surface area (Å²) in [7, 11) is 1.79. The molecule has 1 aromatic carbocycles. The molecule has 4 heterocycles. The van der Waals surface area contributed by atoms with Gasteiger partial charge in [-0.2, -0.15) is 5.10 Å². The van der Waals surface area contributed by atoms with Crippen molar-refractivity contribution in [2.75, 3.05) is 11.1 Å². The minimum Gasteiger partial charge on any atom is -0.389 e. The van der Waals surface area contributed by atoms with E-state index in [9.17, 15) is 13.6 Å². The molecule has 5 N–H and O–H groups in total. The number of nitrogen functional groups attached to an aromatic ring is 1. The molecule has 2 fully saturated rings. The van der Waals surface area contributed by atoms with Gasteiger partial charge in [0.25, 0.3) is 5.91 Å². The third-order valence-corrected chi connectivity index (χ3v) is 7.13. The van der Waals surface area contributed by atoms with Gasteiger partial charge in [-0.25, -0.2) is 13.8 Å². The van der Waals surface area contributed by atoms with Gasteiger partial charge in [0, 0.05) is 13.1 Å². The molecule has 2 aromatic heterocycles. The number of carbonyl (C=O) groups excluding carboxylic acids is 1. The van der Waals surface area contributed by atoms with Crippen molar-refractivity contribution in [2.24, 2.45) is 12.8 Å². The lowest BCUT2D eigenvalue weighted by molar-refractivity contribution is -0.0941. The van der Waals surface area contributed by atoms with E-state index in [1.165, 1.54) is 6.07 Å². The van der Waals surface area contributed by atoms with Gasteiger partial charge in [0.15, 0.2) is 5.69 Å². The Morgan fingerprint density at radius 3 is 2.78 bits per heavy atom. The van der Waals surface area contributed by atoms with Crippen LogP contribution in [0.5, 0.6) is 0 Å². The molecular formula is C21H22F2N6O2S. The number of fused-ring (bicyclic) bond motifs is 2. The van der Waals surface area contributed by atoms with E-state index in [0.717, 1.165) is 54.8 Å². The van der Waals surface area contributed by atoms with E-state index >= 15 is 0 Å². The maximum Gasteiger partial charge on any atom is 0.277 e. The van der Waals surface area contributed by atoms with Crippen LogP contribution in [0.25, 0.3) is 10.6 Å². The average Bonchev–Trinajstić information content (AvgIpc) is 3.42. The van der Waals surface area contributed by atoms with Gasteiger partial charge in [-0.3, -0.25) is 9.48 Å². The van der Waals surface area contributed by atoms with Gasteiger partial charge in [-0.15, -0.1) is 0 Å². The second kappa shape index (κ2) is 7.61. The second-order valence-corrected chi connectivity index (χ2v) is 9.24. The number of amides is 1. The molecule has 5 rings (SSSR count). The van der Waals surface area contributed by atoms with E-state index in [1.807, 2.05) is 0 Å². The molecule has 2 saturated heterocycles. The summed E-state index contributed by atoms with van der Waals surface area (Å²) >= 11 is 0.849. The first-order chi connectivity index (χ1) is 15.3. The fraction of sp³-hybridized carbons (Fsp3) is 0.381. The van der Waals surface area contributed by atoms with Gasteiger partial charge in [0.1, 0.15) is 27.2 Å². The number of halogens is 2. The highest BCUT2D eigenvalue weighted by atomic mass is 32.1. The van der Waals surface area contributed by atoms with Crippen LogP contribution < -0.4 is 16.8 Å². The molecule has 2 bridgehead atoms. The van der Waals surface area contributed by atoms with Crippen LogP contribution in [0.15, 0.2) is 24.4 Å². The SMILES string of the molecule is Cn1ncc(NC(=O)c2nc(-c3c(F)cccc3F)sc2N)c1C12CCC(N)C(CC1)O2. The predicted octanol–water partition coefficient (Wildman–Crippen LogP) is 3.15. The Morgan fingerprint density at radius 2 is 2.03 bits per heavy atom. The zero-order valence-electron chi connectivity index (χ0n) is 17.3. The van der Waals surface area contributed by atoms with Gasteiger partial charge in [0.05, 0.1) is 29.2 Å². The molecule has 2 aliphatic rings. The quantitative estimate of drug-likeness (QED) is 0.550. The lowest BCUT2D eigenvalue weighted by Gasteiger charge is -2.37. The molecule has 2 aliphatic heterocycles. The molecule has 1 amide bonds. The number of thiazole rings is 1. The molecule has 0 aliphatic carbocycles. The highest BCUT2D eigenvalue weighted by Crippen LogP contribution is 2.49. The first-order valence-electron chi connectivity index (χ1n) is 10.3. The average molecular weight is 461 g/mol. The third-order valence-electron chi connectivity index (χ3n) is 6.23. The normalized spacial score (nSPS) is 24.6. The molecule has 168 valence electrons. The number of nitrogens with zero attached hydrogens (tertiary/aromatic N) is 3. The number of nitrogens with two attached hydrogens (primary N) is 2. The molecule has 0 radical (unpaired) electrons. The van der Waals surface area contributed by atoms with Crippen LogP contribution in [0.1, 0.15) is 41.9 Å². The van der Waals surface area contributed by atoms with Crippen molar-refractivity contribution < 1.29 is 18.3 Å². The Bertz CT molecular complexity index is 1190. The highest BCUT2D eigenvalue weighted by Gasteiger charge is 2.50. The summed E-state index contributed by atoms with van der Waals surface area (Å²) in [6.45, 7) is 0. The standard InChI is InChI=1S/C21H22F2N6O2S/c1-29-17(21-7-5-12(24)14(31-21)6-8-21)13(9-26-29)27-19(30)16-18(25)32-20(28-16)15-10(22)3-2-4-11(15)23/h2-4,9,12,14H,5-8,24-25H2,1H3,(H,27,30). The largest absolute Gasteiger partial charge is 0.389 e. The lowest BCUT2D eigenvalue weighted by atomic mass is 9.89. The molecule has 32 heavy (non-hydrogen) atoms. The first kappa shape index (κ1) is 21.0. The van der Waals surface area contributed by atoms with Crippen LogP contribution in [-0.4, -0.2) is 32.8 Å². The van der Waals surface area contributed by atoms with Crippen LogP contribution in [-0.2, 0) is 17.4 Å². The number of benzene rings is 1. The maximum absolute atomic E-state index is 14.2. The summed E-state index contributed by atoms with van der Waals surface area (Å²) in [5.74, 6) is -2.14. The number of aromatic nitrogens is 3. The number of rotatable bonds is 4. The number of hydrogen-bond acceptors (Lipinski definition) is 7. The second-order valence-electron chi connectivity index (χ2n) is 8.20. The Labute approximate surface area is 186 Å². The number of anilines is 2. The van der Waals surface area contributed by atoms with Crippen molar-refractivity contribution >= 4 is 27.9 Å². The van der Waals surface area contributed by atoms with Gasteiger partial charge in [0.2, 0.25) is 0 Å². The van der Waals surface area contributed by atoms with E-state index in [2.05, 4.69) is 15.4 Å². The Hall–Kier alpha value is -2.89. The smallest absolute Gasteiger partial charge is 0.277 e. The monoisotopic (exact) mass is 460 g/mol. The fourth-order valence-electron chi connectivity index (χ4n) is 4.70. The predicted molar refractivity (Wildman–Crippen MR) is 116 cm³/mol. The summed E-state index contributed by atoms with van der Waals surface area (Å²) in [6, 6.07) is 3.52. The highest BCUT2D eigenvalue weighted by molar-refractivity contribution is 7.19. The van der Waals surface area contributed by atoms with E-state index in [4.69, 9.17) is 16.2 Å². The van der Waals surface area contributed by atoms with Crippen LogP contribution >= 0.6 is 11.3 Å². The van der Waals surface area contributed by atoms with Crippen LogP contribution in [0, 0.1) is 11.6 Å². The molecule has 3 unspecified atom stereocenters. The summed E-state index contributed by atoms with van der Waals surface area (Å²) in [5, 5.41) is 7.18. The summed E-state index contributed by atoms with van der Waals surface area (Å²) in [5.41, 5.74) is 12.4. The molecule has 3 atom stereocenters. The minimum atomic E-state index is -0.775. The Morgan fingerprint density at radius 1 is 1.31 bits per heavy atom. The van der Waals surface area contributed by atoms with Crippen molar-refractivity contribution in [3.8, 4) is 10.6 Å². The van der Waals surface area contributed by atoms with Crippen LogP contribution in [0.3, 0.4) is 0 Å². The van der Waals surface area contributed by atoms with Crippen LogP contribution in [0.4, 0.5) is 19.5 Å². The zero-order chi connectivity index (χ0) is 22.6. The van der Waals surface area contributed by atoms with E-state index in [0.29, 0.717) is 5.69 Å². The van der Waals surface area contributed by atoms with Gasteiger partial charge < -0.3 is 21.5 Å². The molecule has 11 heteroatoms. The number of ether oxygens (including phenoxy) is 1. The molecular weight excluding hydrogens is 438 g/mol. The van der Waals surface area contributed by atoms with E-state index in [-0.39, 0.29) is 33.4 Å². The van der Waals surface area contributed by atoms with Gasteiger partial charge in [-0.05, 0) is 37.8 Å². The van der Waals surface area contributed by atoms with E-state index < -0.39 is 23.1 Å². The van der Waals surface area contributed by atoms with Crippen molar-refractivity contribution in [1.29, 1.82) is 0 Å². The third kappa shape index (κ3) is 3.28. The maximum atomic E-state index is 14.2. The van der Waals surface area contributed by atoms with Crippen molar-refractivity contribution in [3.63, 3.8) is 0 Å².